The Hall–Kier alpha value is -1.12. The van der Waals surface area contributed by atoms with Crippen molar-refractivity contribution in [3.8, 4) is 0 Å². The lowest BCUT2D eigenvalue weighted by Crippen LogP contribution is -1.98. The predicted molar refractivity (Wildman–Crippen MR) is 33.9 cm³/mol. The van der Waals surface area contributed by atoms with E-state index in [1.54, 1.807) is 0 Å². The molecule has 0 aromatic rings. The lowest BCUT2D eigenvalue weighted by atomic mass is 10.6. The monoisotopic (exact) mass is 132 g/mol. The average molecular weight is 132 g/mol. The van der Waals surface area contributed by atoms with Crippen molar-refractivity contribution in [2.75, 3.05) is 6.61 Å². The van der Waals surface area contributed by atoms with Crippen LogP contribution in [0.2, 0.25) is 0 Å². The first kappa shape index (κ1) is 10.8. The van der Waals surface area contributed by atoms with Gasteiger partial charge in [-0.05, 0) is 0 Å². The van der Waals surface area contributed by atoms with Crippen molar-refractivity contribution >= 4 is 5.97 Å². The van der Waals surface area contributed by atoms with Gasteiger partial charge in [-0.15, -0.1) is 0 Å². The summed E-state index contributed by atoms with van der Waals surface area (Å²) < 4.78 is 4.47. The van der Waals surface area contributed by atoms with Crippen LogP contribution in [0, 0.1) is 0 Å². The van der Waals surface area contributed by atoms with Gasteiger partial charge in [-0.3, -0.25) is 4.70 Å². The molecule has 0 radical (unpaired) electrons. The topological polar surface area (TPSA) is 26.3 Å². The molecule has 0 saturated heterocycles. The largest absolute Gasteiger partial charge is 0.458 e. The molecule has 0 aliphatic carbocycles. The number of carbonyl (C=O) groups excluding carboxylic acids is 1. The molecule has 0 aromatic carbocycles. The molecule has 0 amide bonds. The highest BCUT2D eigenvalue weighted by Crippen LogP contribution is 1.77. The van der Waals surface area contributed by atoms with Crippen LogP contribution in [0.25, 0.3) is 0 Å². The van der Waals surface area contributed by atoms with Crippen molar-refractivity contribution in [2.45, 2.75) is 0 Å². The van der Waals surface area contributed by atoms with Gasteiger partial charge in [0.25, 0.3) is 0 Å². The van der Waals surface area contributed by atoms with Gasteiger partial charge >= 0.3 is 5.97 Å². The standard InChI is InChI=1S/C6H8O2.FH/c1-3-5-8-6(7)4-2;/h3-4H,1-2,5H2;1H. The van der Waals surface area contributed by atoms with Gasteiger partial charge in [0.1, 0.15) is 6.61 Å². The zero-order chi connectivity index (χ0) is 6.41. The van der Waals surface area contributed by atoms with Crippen LogP contribution in [0.1, 0.15) is 0 Å². The Morgan fingerprint density at radius 2 is 2.11 bits per heavy atom. The third-order valence-electron chi connectivity index (χ3n) is 0.510. The number of hydrogen-bond donors (Lipinski definition) is 0. The number of carbonyl (C=O) groups is 1. The van der Waals surface area contributed by atoms with Crippen LogP contribution < -0.4 is 0 Å². The molecule has 0 unspecified atom stereocenters. The molecule has 0 saturated carbocycles. The molecule has 0 spiro atoms. The van der Waals surface area contributed by atoms with E-state index >= 15 is 0 Å². The smallest absolute Gasteiger partial charge is 0.330 e. The van der Waals surface area contributed by atoms with Gasteiger partial charge in [-0.1, -0.05) is 19.2 Å². The fourth-order valence-corrected chi connectivity index (χ4v) is 0.200. The second-order valence-corrected chi connectivity index (χ2v) is 1.12. The summed E-state index contributed by atoms with van der Waals surface area (Å²) in [4.78, 5) is 10.2. The van der Waals surface area contributed by atoms with Crippen molar-refractivity contribution in [2.24, 2.45) is 0 Å². The molecule has 0 bridgehead atoms. The molecule has 2 nitrogen and oxygen atoms in total. The van der Waals surface area contributed by atoms with E-state index in [0.717, 1.165) is 6.08 Å². The van der Waals surface area contributed by atoms with E-state index in [1.807, 2.05) is 0 Å². The van der Waals surface area contributed by atoms with Crippen molar-refractivity contribution in [1.29, 1.82) is 0 Å². The summed E-state index contributed by atoms with van der Waals surface area (Å²) in [5.74, 6) is -0.412. The number of hydrogen-bond acceptors (Lipinski definition) is 2. The van der Waals surface area contributed by atoms with E-state index in [1.165, 1.54) is 6.08 Å². The Morgan fingerprint density at radius 1 is 1.56 bits per heavy atom. The van der Waals surface area contributed by atoms with E-state index in [0.29, 0.717) is 0 Å². The predicted octanol–water partition coefficient (Wildman–Crippen LogP) is 1.05. The second-order valence-electron chi connectivity index (χ2n) is 1.12. The van der Waals surface area contributed by atoms with Crippen LogP contribution >= 0.6 is 0 Å². The summed E-state index contributed by atoms with van der Waals surface area (Å²) in [7, 11) is 0. The Morgan fingerprint density at radius 3 is 2.44 bits per heavy atom. The maximum atomic E-state index is 10.2. The van der Waals surface area contributed by atoms with E-state index in [4.69, 9.17) is 0 Å². The van der Waals surface area contributed by atoms with E-state index in [9.17, 15) is 4.79 Å². The van der Waals surface area contributed by atoms with E-state index in [2.05, 4.69) is 17.9 Å². The molecule has 0 N–H and O–H groups in total. The van der Waals surface area contributed by atoms with E-state index in [-0.39, 0.29) is 11.3 Å². The van der Waals surface area contributed by atoms with Crippen LogP contribution in [-0.4, -0.2) is 12.6 Å². The summed E-state index contributed by atoms with van der Waals surface area (Å²) in [6, 6.07) is 0. The van der Waals surface area contributed by atoms with Crippen LogP contribution in [0.4, 0.5) is 4.70 Å². The minimum absolute atomic E-state index is 0. The highest BCUT2D eigenvalue weighted by molar-refractivity contribution is 5.81. The summed E-state index contributed by atoms with van der Waals surface area (Å²) in [5.41, 5.74) is 0. The molecule has 0 aliphatic heterocycles. The maximum Gasteiger partial charge on any atom is 0.330 e. The molecule has 0 aliphatic rings. The fourth-order valence-electron chi connectivity index (χ4n) is 0.200. The lowest BCUT2D eigenvalue weighted by molar-refractivity contribution is -0.136. The number of halogens is 1. The Kier molecular flexibility index (Phi) is 8.25. The Balaban J connectivity index is 0. The molecule has 52 valence electrons. The van der Waals surface area contributed by atoms with Crippen LogP contribution in [0.3, 0.4) is 0 Å². The molecule has 0 aromatic heterocycles. The Bertz CT molecular complexity index is 110. The summed E-state index contributed by atoms with van der Waals surface area (Å²) in [6.07, 6.45) is 2.62. The molecule has 3 heteroatoms. The van der Waals surface area contributed by atoms with Gasteiger partial charge in [-0.25, -0.2) is 4.79 Å². The lowest BCUT2D eigenvalue weighted by Gasteiger charge is -1.92. The van der Waals surface area contributed by atoms with Gasteiger partial charge in [0, 0.05) is 6.08 Å². The Labute approximate surface area is 53.2 Å². The first-order valence-corrected chi connectivity index (χ1v) is 2.21. The minimum atomic E-state index is -0.412. The number of rotatable bonds is 3. The van der Waals surface area contributed by atoms with E-state index < -0.39 is 5.97 Å². The summed E-state index contributed by atoms with van der Waals surface area (Å²) in [6.45, 7) is 6.81. The quantitative estimate of drug-likeness (QED) is 0.326. The second kappa shape index (κ2) is 6.88. The molecular weight excluding hydrogens is 123 g/mol. The first-order valence-electron chi connectivity index (χ1n) is 2.21. The molecule has 0 rings (SSSR count). The third kappa shape index (κ3) is 6.88. The summed E-state index contributed by atoms with van der Waals surface area (Å²) >= 11 is 0. The highest BCUT2D eigenvalue weighted by atomic mass is 19.0. The number of ether oxygens (including phenoxy) is 1. The maximum absolute atomic E-state index is 10.2. The minimum Gasteiger partial charge on any atom is -0.458 e. The zero-order valence-corrected chi connectivity index (χ0v) is 5.00. The highest BCUT2D eigenvalue weighted by Gasteiger charge is 1.87. The van der Waals surface area contributed by atoms with Crippen molar-refractivity contribution in [3.05, 3.63) is 25.3 Å². The number of esters is 1. The van der Waals surface area contributed by atoms with Gasteiger partial charge in [0.2, 0.25) is 0 Å². The molecular formula is C6H9FO2. The van der Waals surface area contributed by atoms with Crippen LogP contribution in [0.5, 0.6) is 0 Å². The van der Waals surface area contributed by atoms with Crippen LogP contribution in [0.15, 0.2) is 25.3 Å². The van der Waals surface area contributed by atoms with Gasteiger partial charge in [-0.2, -0.15) is 0 Å². The molecule has 0 heterocycles. The summed E-state index contributed by atoms with van der Waals surface area (Å²) in [5, 5.41) is 0. The molecule has 9 heavy (non-hydrogen) atoms. The fraction of sp³-hybridized carbons (Fsp3) is 0.167. The molecule has 0 fully saturated rings. The normalized spacial score (nSPS) is 6.67. The first-order chi connectivity index (χ1) is 3.81. The van der Waals surface area contributed by atoms with Crippen molar-refractivity contribution < 1.29 is 14.2 Å². The van der Waals surface area contributed by atoms with Gasteiger partial charge < -0.3 is 4.74 Å². The SMILES string of the molecule is C=CCOC(=O)C=C.F. The van der Waals surface area contributed by atoms with Crippen molar-refractivity contribution in [1.82, 2.24) is 0 Å². The molecule has 0 atom stereocenters. The third-order valence-corrected chi connectivity index (χ3v) is 0.510. The van der Waals surface area contributed by atoms with Crippen LogP contribution in [-0.2, 0) is 9.53 Å². The van der Waals surface area contributed by atoms with Crippen molar-refractivity contribution in [3.63, 3.8) is 0 Å². The zero-order valence-electron chi connectivity index (χ0n) is 5.00. The van der Waals surface area contributed by atoms with Gasteiger partial charge in [0.05, 0.1) is 0 Å². The average Bonchev–Trinajstić information content (AvgIpc) is 1.83. The van der Waals surface area contributed by atoms with Gasteiger partial charge in [0.15, 0.2) is 0 Å².